The normalized spacial score (nSPS) is 17.5. The van der Waals surface area contributed by atoms with Crippen LogP contribution in [0.4, 0.5) is 0 Å². The fraction of sp³-hybridized carbons (Fsp3) is 0.333. The molecule has 4 nitrogen and oxygen atoms in total. The first-order chi connectivity index (χ1) is 9.22. The first-order valence-corrected chi connectivity index (χ1v) is 6.48. The summed E-state index contributed by atoms with van der Waals surface area (Å²) in [6, 6.07) is 11.4. The number of carboxylic acids is 1. The Morgan fingerprint density at radius 3 is 2.53 bits per heavy atom. The molecule has 1 saturated carbocycles. The van der Waals surface area contributed by atoms with Gasteiger partial charge in [-0.3, -0.25) is 4.79 Å². The first-order valence-electron chi connectivity index (χ1n) is 6.48. The van der Waals surface area contributed by atoms with Crippen LogP contribution in [-0.4, -0.2) is 16.2 Å². The minimum absolute atomic E-state index is 0.552. The van der Waals surface area contributed by atoms with Crippen LogP contribution < -0.4 is 0 Å². The molecular formula is C15H15NO3. The molecule has 0 amide bonds. The molecular weight excluding hydrogens is 242 g/mol. The van der Waals surface area contributed by atoms with Gasteiger partial charge in [0.15, 0.2) is 5.76 Å². The van der Waals surface area contributed by atoms with Crippen LogP contribution in [0.5, 0.6) is 0 Å². The average Bonchev–Trinajstić information content (AvgIpc) is 3.09. The van der Waals surface area contributed by atoms with Crippen molar-refractivity contribution in [2.45, 2.75) is 31.1 Å². The maximum absolute atomic E-state index is 11.6. The van der Waals surface area contributed by atoms with Crippen molar-refractivity contribution >= 4 is 5.97 Å². The van der Waals surface area contributed by atoms with Crippen LogP contribution in [-0.2, 0) is 10.2 Å². The van der Waals surface area contributed by atoms with Gasteiger partial charge in [-0.15, -0.1) is 0 Å². The maximum atomic E-state index is 11.6. The Balaban J connectivity index is 1.99. The number of hydrogen-bond acceptors (Lipinski definition) is 3. The summed E-state index contributed by atoms with van der Waals surface area (Å²) in [4.78, 5) is 11.6. The molecule has 2 aromatic rings. The van der Waals surface area contributed by atoms with Crippen molar-refractivity contribution in [3.63, 3.8) is 0 Å². The second kappa shape index (κ2) is 4.53. The van der Waals surface area contributed by atoms with Crippen molar-refractivity contribution in [2.75, 3.05) is 0 Å². The van der Waals surface area contributed by atoms with Crippen LogP contribution >= 0.6 is 0 Å². The van der Waals surface area contributed by atoms with Crippen molar-refractivity contribution < 1.29 is 14.4 Å². The Labute approximate surface area is 111 Å². The minimum atomic E-state index is -0.851. The fourth-order valence-electron chi connectivity index (χ4n) is 2.80. The molecule has 19 heavy (non-hydrogen) atoms. The number of carbonyl (C=O) groups is 1. The molecule has 1 aliphatic carbocycles. The fourth-order valence-corrected chi connectivity index (χ4v) is 2.80. The molecule has 0 saturated heterocycles. The third-order valence-corrected chi connectivity index (χ3v) is 3.93. The number of rotatable bonds is 3. The Kier molecular flexibility index (Phi) is 2.85. The lowest BCUT2D eigenvalue weighted by atomic mass is 9.82. The number of carboxylic acid groups (broad SMARTS) is 1. The highest BCUT2D eigenvalue weighted by Crippen LogP contribution is 2.41. The molecule has 1 fully saturated rings. The Hall–Kier alpha value is -2.10. The summed E-state index contributed by atoms with van der Waals surface area (Å²) in [7, 11) is 0. The zero-order valence-electron chi connectivity index (χ0n) is 10.5. The third kappa shape index (κ3) is 1.93. The van der Waals surface area contributed by atoms with Gasteiger partial charge in [-0.1, -0.05) is 48.3 Å². The van der Waals surface area contributed by atoms with Gasteiger partial charge in [0, 0.05) is 11.6 Å². The number of hydrogen-bond donors (Lipinski definition) is 1. The van der Waals surface area contributed by atoms with Gasteiger partial charge < -0.3 is 9.63 Å². The molecule has 98 valence electrons. The number of benzene rings is 1. The van der Waals surface area contributed by atoms with Crippen molar-refractivity contribution in [1.82, 2.24) is 5.16 Å². The topological polar surface area (TPSA) is 63.3 Å². The molecule has 0 spiro atoms. The van der Waals surface area contributed by atoms with Gasteiger partial charge in [0.1, 0.15) is 11.1 Å². The molecule has 0 radical (unpaired) electrons. The molecule has 1 aromatic heterocycles. The zero-order chi connectivity index (χ0) is 13.3. The number of aliphatic carboxylic acids is 1. The standard InChI is InChI=1S/C15H15NO3/c17-14(18)15(8-4-5-9-15)13-10-12(19-16-13)11-6-2-1-3-7-11/h1-3,6-7,10H,4-5,8-9H2,(H,17,18). The van der Waals surface area contributed by atoms with E-state index < -0.39 is 11.4 Å². The summed E-state index contributed by atoms with van der Waals surface area (Å²) in [5.41, 5.74) is 0.618. The van der Waals surface area contributed by atoms with Gasteiger partial charge >= 0.3 is 5.97 Å². The van der Waals surface area contributed by atoms with E-state index in [9.17, 15) is 9.90 Å². The predicted molar refractivity (Wildman–Crippen MR) is 69.7 cm³/mol. The lowest BCUT2D eigenvalue weighted by molar-refractivity contribution is -0.143. The van der Waals surface area contributed by atoms with E-state index in [0.717, 1.165) is 18.4 Å². The highest BCUT2D eigenvalue weighted by Gasteiger charge is 2.45. The van der Waals surface area contributed by atoms with Crippen molar-refractivity contribution in [3.8, 4) is 11.3 Å². The lowest BCUT2D eigenvalue weighted by Gasteiger charge is -2.19. The van der Waals surface area contributed by atoms with E-state index >= 15 is 0 Å². The summed E-state index contributed by atoms with van der Waals surface area (Å²) in [5.74, 6) is -0.166. The average molecular weight is 257 g/mol. The number of nitrogens with zero attached hydrogens (tertiary/aromatic N) is 1. The zero-order valence-corrected chi connectivity index (χ0v) is 10.5. The lowest BCUT2D eigenvalue weighted by Crippen LogP contribution is -2.32. The Morgan fingerprint density at radius 1 is 1.21 bits per heavy atom. The second-order valence-corrected chi connectivity index (χ2v) is 5.04. The first kappa shape index (κ1) is 12.0. The summed E-state index contributed by atoms with van der Waals surface area (Å²) in [6.45, 7) is 0. The molecule has 3 rings (SSSR count). The SMILES string of the molecule is O=C(O)C1(c2cc(-c3ccccc3)on2)CCCC1. The van der Waals surface area contributed by atoms with Crippen LogP contribution in [0.15, 0.2) is 40.9 Å². The quantitative estimate of drug-likeness (QED) is 0.916. The van der Waals surface area contributed by atoms with E-state index in [-0.39, 0.29) is 0 Å². The Bertz CT molecular complexity index is 582. The number of aromatic nitrogens is 1. The van der Waals surface area contributed by atoms with Crippen molar-refractivity contribution in [3.05, 3.63) is 42.1 Å². The second-order valence-electron chi connectivity index (χ2n) is 5.04. The summed E-state index contributed by atoms with van der Waals surface area (Å²) in [5, 5.41) is 13.5. The minimum Gasteiger partial charge on any atom is -0.481 e. The molecule has 0 atom stereocenters. The maximum Gasteiger partial charge on any atom is 0.315 e. The molecule has 1 heterocycles. The predicted octanol–water partition coefficient (Wildman–Crippen LogP) is 3.24. The van der Waals surface area contributed by atoms with Gasteiger partial charge in [0.2, 0.25) is 0 Å². The largest absolute Gasteiger partial charge is 0.481 e. The van der Waals surface area contributed by atoms with Gasteiger partial charge in [0.05, 0.1) is 0 Å². The Morgan fingerprint density at radius 2 is 1.89 bits per heavy atom. The molecule has 1 N–H and O–H groups in total. The van der Waals surface area contributed by atoms with Crippen LogP contribution in [0.1, 0.15) is 31.4 Å². The molecule has 0 unspecified atom stereocenters. The summed E-state index contributed by atoms with van der Waals surface area (Å²) in [6.07, 6.45) is 3.14. The summed E-state index contributed by atoms with van der Waals surface area (Å²) < 4.78 is 5.32. The van der Waals surface area contributed by atoms with E-state index in [4.69, 9.17) is 4.52 Å². The van der Waals surface area contributed by atoms with Gasteiger partial charge in [-0.2, -0.15) is 0 Å². The third-order valence-electron chi connectivity index (χ3n) is 3.93. The van der Waals surface area contributed by atoms with Gasteiger partial charge in [0.25, 0.3) is 0 Å². The van der Waals surface area contributed by atoms with E-state index in [1.807, 2.05) is 30.3 Å². The van der Waals surface area contributed by atoms with E-state index in [1.165, 1.54) is 0 Å². The van der Waals surface area contributed by atoms with E-state index in [2.05, 4.69) is 5.16 Å². The van der Waals surface area contributed by atoms with Crippen LogP contribution in [0.25, 0.3) is 11.3 Å². The van der Waals surface area contributed by atoms with E-state index in [1.54, 1.807) is 6.07 Å². The molecule has 0 bridgehead atoms. The highest BCUT2D eigenvalue weighted by atomic mass is 16.5. The smallest absolute Gasteiger partial charge is 0.315 e. The molecule has 1 aliphatic rings. The monoisotopic (exact) mass is 257 g/mol. The van der Waals surface area contributed by atoms with Crippen LogP contribution in [0.2, 0.25) is 0 Å². The van der Waals surface area contributed by atoms with Gasteiger partial charge in [-0.05, 0) is 12.8 Å². The van der Waals surface area contributed by atoms with Crippen LogP contribution in [0.3, 0.4) is 0 Å². The molecule has 0 aliphatic heterocycles. The summed E-state index contributed by atoms with van der Waals surface area (Å²) >= 11 is 0. The van der Waals surface area contributed by atoms with Crippen molar-refractivity contribution in [1.29, 1.82) is 0 Å². The van der Waals surface area contributed by atoms with E-state index in [0.29, 0.717) is 24.3 Å². The van der Waals surface area contributed by atoms with Gasteiger partial charge in [-0.25, -0.2) is 0 Å². The van der Waals surface area contributed by atoms with Crippen molar-refractivity contribution in [2.24, 2.45) is 0 Å². The highest BCUT2D eigenvalue weighted by molar-refractivity contribution is 5.81. The van der Waals surface area contributed by atoms with Crippen LogP contribution in [0, 0.1) is 0 Å². The molecule has 1 aromatic carbocycles. The molecule has 4 heteroatoms.